The van der Waals surface area contributed by atoms with E-state index in [0.717, 1.165) is 43.0 Å². The second kappa shape index (κ2) is 8.80. The average molecular weight is 417 g/mol. The van der Waals surface area contributed by atoms with Crippen LogP contribution in [-0.4, -0.2) is 48.5 Å². The van der Waals surface area contributed by atoms with E-state index in [2.05, 4.69) is 22.0 Å². The van der Waals surface area contributed by atoms with E-state index in [0.29, 0.717) is 5.02 Å². The Balaban J connectivity index is 1.60. The summed E-state index contributed by atoms with van der Waals surface area (Å²) in [5.41, 5.74) is 4.17. The molecule has 0 bridgehead atoms. The van der Waals surface area contributed by atoms with E-state index in [9.17, 15) is 14.9 Å². The normalized spacial score (nSPS) is 14.7. The van der Waals surface area contributed by atoms with E-state index >= 15 is 0 Å². The van der Waals surface area contributed by atoms with Crippen LogP contribution in [0.1, 0.15) is 16.7 Å². The Labute approximate surface area is 175 Å². The third kappa shape index (κ3) is 5.05. The predicted octanol–water partition coefficient (Wildman–Crippen LogP) is 3.93. The molecule has 1 amide bonds. The zero-order valence-electron chi connectivity index (χ0n) is 16.9. The number of piperazine rings is 1. The lowest BCUT2D eigenvalue weighted by molar-refractivity contribution is -0.384. The molecule has 0 aromatic heterocycles. The van der Waals surface area contributed by atoms with Gasteiger partial charge in [-0.2, -0.15) is 0 Å². The summed E-state index contributed by atoms with van der Waals surface area (Å²) in [6.45, 7) is 8.98. The number of nitrogens with one attached hydrogen (secondary N) is 1. The molecule has 2 aromatic rings. The number of aryl methyl sites for hydroxylation is 3. The number of hydrogen-bond donors (Lipinski definition) is 1. The summed E-state index contributed by atoms with van der Waals surface area (Å²) in [4.78, 5) is 27.7. The third-order valence-electron chi connectivity index (χ3n) is 5.33. The first kappa shape index (κ1) is 21.1. The van der Waals surface area contributed by atoms with Crippen LogP contribution in [0.25, 0.3) is 0 Å². The minimum Gasteiger partial charge on any atom is -0.369 e. The van der Waals surface area contributed by atoms with Crippen LogP contribution in [-0.2, 0) is 4.79 Å². The van der Waals surface area contributed by atoms with Crippen molar-refractivity contribution in [2.45, 2.75) is 20.8 Å². The van der Waals surface area contributed by atoms with E-state index in [-0.39, 0.29) is 23.8 Å². The van der Waals surface area contributed by atoms with Crippen LogP contribution in [0.5, 0.6) is 0 Å². The second-order valence-corrected chi connectivity index (χ2v) is 7.89. The summed E-state index contributed by atoms with van der Waals surface area (Å²) in [6.07, 6.45) is 0. The van der Waals surface area contributed by atoms with Gasteiger partial charge in [0.2, 0.25) is 5.91 Å². The minimum atomic E-state index is -0.464. The Morgan fingerprint density at radius 2 is 1.72 bits per heavy atom. The summed E-state index contributed by atoms with van der Waals surface area (Å²) in [7, 11) is 0. The fourth-order valence-corrected chi connectivity index (χ4v) is 3.68. The SMILES string of the molecule is Cc1cc(NC(=O)CN2CCN(c3cc(Cl)ccc3C)CC2)c([N+](=O)[O-])cc1C. The fraction of sp³-hybridized carbons (Fsp3) is 0.381. The van der Waals surface area contributed by atoms with Crippen molar-refractivity contribution in [3.8, 4) is 0 Å². The van der Waals surface area contributed by atoms with E-state index in [1.807, 2.05) is 32.0 Å². The first-order valence-corrected chi connectivity index (χ1v) is 9.91. The molecule has 29 heavy (non-hydrogen) atoms. The zero-order chi connectivity index (χ0) is 21.1. The highest BCUT2D eigenvalue weighted by Crippen LogP contribution is 2.28. The molecule has 0 atom stereocenters. The third-order valence-corrected chi connectivity index (χ3v) is 5.57. The molecule has 0 spiro atoms. The fourth-order valence-electron chi connectivity index (χ4n) is 3.52. The molecule has 2 aromatic carbocycles. The molecule has 7 nitrogen and oxygen atoms in total. The van der Waals surface area contributed by atoms with Gasteiger partial charge in [0.05, 0.1) is 11.5 Å². The number of nitro groups is 1. The molecule has 1 aliphatic rings. The van der Waals surface area contributed by atoms with Crippen molar-refractivity contribution in [1.82, 2.24) is 4.90 Å². The molecule has 154 valence electrons. The lowest BCUT2D eigenvalue weighted by Crippen LogP contribution is -2.48. The predicted molar refractivity (Wildman–Crippen MR) is 116 cm³/mol. The number of nitro benzene ring substituents is 1. The Bertz CT molecular complexity index is 940. The molecule has 3 rings (SSSR count). The standard InChI is InChI=1S/C21H25ClN4O3/c1-14-4-5-17(22)12-19(14)25-8-6-24(7-9-25)13-21(27)23-18-10-15(2)16(3)11-20(18)26(28)29/h4-5,10-12H,6-9,13H2,1-3H3,(H,23,27). The summed E-state index contributed by atoms with van der Waals surface area (Å²) in [5, 5.41) is 14.7. The van der Waals surface area contributed by atoms with Gasteiger partial charge in [-0.3, -0.25) is 19.8 Å². The average Bonchev–Trinajstić information content (AvgIpc) is 2.67. The highest BCUT2D eigenvalue weighted by atomic mass is 35.5. The van der Waals surface area contributed by atoms with Crippen molar-refractivity contribution in [3.05, 3.63) is 62.2 Å². The maximum absolute atomic E-state index is 12.5. The maximum Gasteiger partial charge on any atom is 0.293 e. The molecule has 8 heteroatoms. The van der Waals surface area contributed by atoms with E-state index in [1.54, 1.807) is 6.07 Å². The molecule has 1 N–H and O–H groups in total. The number of benzene rings is 2. The van der Waals surface area contributed by atoms with Gasteiger partial charge in [0.15, 0.2) is 0 Å². The van der Waals surface area contributed by atoms with Gasteiger partial charge in [0, 0.05) is 43.0 Å². The number of carbonyl (C=O) groups is 1. The quantitative estimate of drug-likeness (QED) is 0.590. The first-order chi connectivity index (χ1) is 13.7. The monoisotopic (exact) mass is 416 g/mol. The highest BCUT2D eigenvalue weighted by Gasteiger charge is 2.22. The Hall–Kier alpha value is -2.64. The van der Waals surface area contributed by atoms with Gasteiger partial charge < -0.3 is 10.2 Å². The van der Waals surface area contributed by atoms with Crippen LogP contribution in [0.15, 0.2) is 30.3 Å². The van der Waals surface area contributed by atoms with Gasteiger partial charge in [-0.05, 0) is 55.7 Å². The van der Waals surface area contributed by atoms with Crippen molar-refractivity contribution < 1.29 is 9.72 Å². The van der Waals surface area contributed by atoms with Gasteiger partial charge in [0.25, 0.3) is 5.69 Å². The van der Waals surface area contributed by atoms with Gasteiger partial charge in [-0.15, -0.1) is 0 Å². The van der Waals surface area contributed by atoms with Crippen LogP contribution in [0.2, 0.25) is 5.02 Å². The van der Waals surface area contributed by atoms with E-state index < -0.39 is 4.92 Å². The van der Waals surface area contributed by atoms with Gasteiger partial charge in [0.1, 0.15) is 5.69 Å². The minimum absolute atomic E-state index is 0.0808. The molecule has 1 heterocycles. The topological polar surface area (TPSA) is 78.7 Å². The smallest absolute Gasteiger partial charge is 0.293 e. The summed E-state index contributed by atoms with van der Waals surface area (Å²) in [6, 6.07) is 9.02. The van der Waals surface area contributed by atoms with Gasteiger partial charge in [-0.25, -0.2) is 0 Å². The number of carbonyl (C=O) groups excluding carboxylic acids is 1. The summed E-state index contributed by atoms with van der Waals surface area (Å²) >= 11 is 6.13. The molecule has 1 aliphatic heterocycles. The van der Waals surface area contributed by atoms with Crippen LogP contribution in [0.4, 0.5) is 17.1 Å². The van der Waals surface area contributed by atoms with Crippen molar-refractivity contribution >= 4 is 34.6 Å². The lowest BCUT2D eigenvalue weighted by atomic mass is 10.1. The van der Waals surface area contributed by atoms with Crippen LogP contribution >= 0.6 is 11.6 Å². The number of anilines is 2. The molecule has 1 fully saturated rings. The van der Waals surface area contributed by atoms with E-state index in [1.165, 1.54) is 11.6 Å². The zero-order valence-corrected chi connectivity index (χ0v) is 17.6. The second-order valence-electron chi connectivity index (χ2n) is 7.45. The first-order valence-electron chi connectivity index (χ1n) is 9.53. The number of amides is 1. The summed E-state index contributed by atoms with van der Waals surface area (Å²) in [5.74, 6) is -0.247. The van der Waals surface area contributed by atoms with Crippen molar-refractivity contribution in [3.63, 3.8) is 0 Å². The number of rotatable bonds is 5. The van der Waals surface area contributed by atoms with Crippen molar-refractivity contribution in [2.75, 3.05) is 42.9 Å². The summed E-state index contributed by atoms with van der Waals surface area (Å²) < 4.78 is 0. The molecule has 0 saturated carbocycles. The molecular weight excluding hydrogens is 392 g/mol. The Morgan fingerprint density at radius 3 is 2.38 bits per heavy atom. The van der Waals surface area contributed by atoms with Crippen molar-refractivity contribution in [2.24, 2.45) is 0 Å². The largest absolute Gasteiger partial charge is 0.369 e. The molecule has 0 aliphatic carbocycles. The number of halogens is 1. The molecule has 1 saturated heterocycles. The lowest BCUT2D eigenvalue weighted by Gasteiger charge is -2.36. The maximum atomic E-state index is 12.5. The van der Waals surface area contributed by atoms with Crippen LogP contribution in [0, 0.1) is 30.9 Å². The number of nitrogens with zero attached hydrogens (tertiary/aromatic N) is 3. The Kier molecular flexibility index (Phi) is 6.39. The van der Waals surface area contributed by atoms with Gasteiger partial charge in [-0.1, -0.05) is 17.7 Å². The van der Waals surface area contributed by atoms with Crippen LogP contribution < -0.4 is 10.2 Å². The van der Waals surface area contributed by atoms with Gasteiger partial charge >= 0.3 is 0 Å². The Morgan fingerprint density at radius 1 is 1.07 bits per heavy atom. The molecule has 0 radical (unpaired) electrons. The van der Waals surface area contributed by atoms with Crippen molar-refractivity contribution in [1.29, 1.82) is 0 Å². The molecular formula is C21H25ClN4O3. The highest BCUT2D eigenvalue weighted by molar-refractivity contribution is 6.30. The van der Waals surface area contributed by atoms with E-state index in [4.69, 9.17) is 11.6 Å². The number of hydrogen-bond acceptors (Lipinski definition) is 5. The molecule has 0 unspecified atom stereocenters. The van der Waals surface area contributed by atoms with Crippen LogP contribution in [0.3, 0.4) is 0 Å².